The number of carbonyl (C=O) groups is 2. The summed E-state index contributed by atoms with van der Waals surface area (Å²) in [6.45, 7) is 1.16. The smallest absolute Gasteiger partial charge is 0.228 e. The minimum absolute atomic E-state index is 0.0982. The molecule has 4 nitrogen and oxygen atoms in total. The summed E-state index contributed by atoms with van der Waals surface area (Å²) in [6.07, 6.45) is 5.38. The number of rotatable bonds is 4. The van der Waals surface area contributed by atoms with Crippen LogP contribution >= 0.6 is 0 Å². The van der Waals surface area contributed by atoms with Gasteiger partial charge < -0.3 is 9.80 Å². The lowest BCUT2D eigenvalue weighted by atomic mass is 9.94. The molecule has 0 aromatic heterocycles. The van der Waals surface area contributed by atoms with E-state index in [9.17, 15) is 9.59 Å². The van der Waals surface area contributed by atoms with Crippen LogP contribution in [0.15, 0.2) is 54.6 Å². The van der Waals surface area contributed by atoms with Crippen molar-refractivity contribution in [2.24, 2.45) is 17.8 Å². The first-order valence-corrected chi connectivity index (χ1v) is 12.0. The van der Waals surface area contributed by atoms with Gasteiger partial charge in [0.2, 0.25) is 11.8 Å². The molecule has 3 aromatic rings. The van der Waals surface area contributed by atoms with Crippen molar-refractivity contribution >= 4 is 33.4 Å². The van der Waals surface area contributed by atoms with Crippen LogP contribution in [-0.4, -0.2) is 41.2 Å². The molecular weight excluding hydrogens is 396 g/mol. The van der Waals surface area contributed by atoms with Gasteiger partial charge in [-0.05, 0) is 64.3 Å². The highest BCUT2D eigenvalue weighted by atomic mass is 16.2. The SMILES string of the molecule is CN(Cc1c2ccccc2cc2ccccc12)C(=O)C1CC(=O)N(C2C[C@@H]3CC[C@H]2C3)C1. The molecule has 2 bridgehead atoms. The predicted octanol–water partition coefficient (Wildman–Crippen LogP) is 4.99. The first-order valence-electron chi connectivity index (χ1n) is 12.0. The van der Waals surface area contributed by atoms with Crippen LogP contribution in [0.2, 0.25) is 0 Å². The number of hydrogen-bond donors (Lipinski definition) is 0. The summed E-state index contributed by atoms with van der Waals surface area (Å²) in [5, 5.41) is 4.77. The van der Waals surface area contributed by atoms with Crippen molar-refractivity contribution in [1.82, 2.24) is 9.80 Å². The highest BCUT2D eigenvalue weighted by Gasteiger charge is 2.47. The number of nitrogens with zero attached hydrogens (tertiary/aromatic N) is 2. The van der Waals surface area contributed by atoms with E-state index in [0.29, 0.717) is 31.5 Å². The van der Waals surface area contributed by atoms with Crippen LogP contribution in [-0.2, 0) is 16.1 Å². The third kappa shape index (κ3) is 3.19. The van der Waals surface area contributed by atoms with Gasteiger partial charge in [0.15, 0.2) is 0 Å². The maximum absolute atomic E-state index is 13.4. The van der Waals surface area contributed by atoms with E-state index in [4.69, 9.17) is 0 Å². The Kier molecular flexibility index (Phi) is 4.71. The molecule has 0 radical (unpaired) electrons. The van der Waals surface area contributed by atoms with Gasteiger partial charge in [-0.25, -0.2) is 0 Å². The molecule has 1 heterocycles. The number of benzene rings is 3. The molecule has 3 aliphatic rings. The van der Waals surface area contributed by atoms with Crippen LogP contribution in [0.5, 0.6) is 0 Å². The summed E-state index contributed by atoms with van der Waals surface area (Å²) in [5.74, 6) is 1.53. The molecule has 164 valence electrons. The molecule has 32 heavy (non-hydrogen) atoms. The summed E-state index contributed by atoms with van der Waals surface area (Å²) in [4.78, 5) is 30.2. The van der Waals surface area contributed by atoms with Crippen LogP contribution in [0, 0.1) is 17.8 Å². The first-order chi connectivity index (χ1) is 15.6. The molecule has 3 aromatic carbocycles. The monoisotopic (exact) mass is 426 g/mol. The van der Waals surface area contributed by atoms with Crippen LogP contribution in [0.3, 0.4) is 0 Å². The Morgan fingerprint density at radius 1 is 1.00 bits per heavy atom. The minimum Gasteiger partial charge on any atom is -0.341 e. The Labute approximate surface area is 189 Å². The van der Waals surface area contributed by atoms with Crippen LogP contribution < -0.4 is 0 Å². The third-order valence-corrected chi connectivity index (χ3v) is 8.26. The van der Waals surface area contributed by atoms with Crippen molar-refractivity contribution in [3.63, 3.8) is 0 Å². The Bertz CT molecular complexity index is 1160. The van der Waals surface area contributed by atoms with Gasteiger partial charge in [0.05, 0.1) is 5.92 Å². The molecule has 4 heteroatoms. The van der Waals surface area contributed by atoms with E-state index in [2.05, 4.69) is 59.5 Å². The van der Waals surface area contributed by atoms with E-state index < -0.39 is 0 Å². The predicted molar refractivity (Wildman–Crippen MR) is 127 cm³/mol. The molecular formula is C28H30N2O2. The lowest BCUT2D eigenvalue weighted by Crippen LogP contribution is -2.41. The van der Waals surface area contributed by atoms with Gasteiger partial charge in [0, 0.05) is 32.6 Å². The van der Waals surface area contributed by atoms with Crippen molar-refractivity contribution < 1.29 is 9.59 Å². The van der Waals surface area contributed by atoms with Crippen LogP contribution in [0.1, 0.15) is 37.7 Å². The molecule has 2 saturated carbocycles. The molecule has 2 amide bonds. The Balaban J connectivity index is 1.24. The lowest BCUT2D eigenvalue weighted by molar-refractivity contribution is -0.135. The van der Waals surface area contributed by atoms with E-state index in [0.717, 1.165) is 12.3 Å². The summed E-state index contributed by atoms with van der Waals surface area (Å²) in [5.41, 5.74) is 1.18. The quantitative estimate of drug-likeness (QED) is 0.552. The molecule has 3 fully saturated rings. The van der Waals surface area contributed by atoms with Gasteiger partial charge >= 0.3 is 0 Å². The topological polar surface area (TPSA) is 40.6 Å². The fraction of sp³-hybridized carbons (Fsp3) is 0.429. The molecule has 1 aliphatic heterocycles. The first kappa shape index (κ1) is 19.8. The second-order valence-corrected chi connectivity index (χ2v) is 10.2. The molecule has 2 aliphatic carbocycles. The molecule has 0 spiro atoms. The average molecular weight is 427 g/mol. The van der Waals surface area contributed by atoms with Gasteiger partial charge in [0.1, 0.15) is 0 Å². The fourth-order valence-electron chi connectivity index (χ4n) is 6.72. The molecule has 0 N–H and O–H groups in total. The van der Waals surface area contributed by atoms with Crippen molar-refractivity contribution in [3.05, 3.63) is 60.2 Å². The second-order valence-electron chi connectivity index (χ2n) is 10.2. The van der Waals surface area contributed by atoms with Crippen LogP contribution in [0.25, 0.3) is 21.5 Å². The Hall–Kier alpha value is -2.88. The fourth-order valence-corrected chi connectivity index (χ4v) is 6.72. The molecule has 4 atom stereocenters. The standard InChI is InChI=1S/C28H30N2O2/c1-29(17-25-23-8-4-2-6-19(23)14-20-7-3-5-9-24(20)25)28(32)22-15-27(31)30(16-22)26-13-18-10-11-21(26)12-18/h2-9,14,18,21-22,26H,10-13,15-17H2,1H3/t18-,21+,22?,26?/m1/s1. The maximum Gasteiger partial charge on any atom is 0.228 e. The summed E-state index contributed by atoms with van der Waals surface area (Å²) in [7, 11) is 1.89. The van der Waals surface area contributed by atoms with E-state index in [-0.39, 0.29) is 17.7 Å². The van der Waals surface area contributed by atoms with Crippen LogP contribution in [0.4, 0.5) is 0 Å². The summed E-state index contributed by atoms with van der Waals surface area (Å²) >= 11 is 0. The maximum atomic E-state index is 13.4. The van der Waals surface area contributed by atoms with E-state index in [1.165, 1.54) is 46.4 Å². The molecule has 6 rings (SSSR count). The molecule has 1 saturated heterocycles. The number of carbonyl (C=O) groups excluding carboxylic acids is 2. The summed E-state index contributed by atoms with van der Waals surface area (Å²) < 4.78 is 0. The normalized spacial score (nSPS) is 27.0. The minimum atomic E-state index is -0.215. The van der Waals surface area contributed by atoms with E-state index >= 15 is 0 Å². The van der Waals surface area contributed by atoms with Crippen molar-refractivity contribution in [3.8, 4) is 0 Å². The lowest BCUT2D eigenvalue weighted by Gasteiger charge is -2.31. The van der Waals surface area contributed by atoms with Gasteiger partial charge in [-0.2, -0.15) is 0 Å². The zero-order chi connectivity index (χ0) is 21.8. The highest BCUT2D eigenvalue weighted by Crippen LogP contribution is 2.47. The number of fused-ring (bicyclic) bond motifs is 4. The molecule has 2 unspecified atom stereocenters. The average Bonchev–Trinajstić information content (AvgIpc) is 3.54. The highest BCUT2D eigenvalue weighted by molar-refractivity contribution is 6.02. The Morgan fingerprint density at radius 2 is 1.69 bits per heavy atom. The number of likely N-dealkylation sites (tertiary alicyclic amines) is 1. The van der Waals surface area contributed by atoms with E-state index in [1.54, 1.807) is 0 Å². The van der Waals surface area contributed by atoms with Crippen molar-refractivity contribution in [2.45, 2.75) is 44.7 Å². The zero-order valence-corrected chi connectivity index (χ0v) is 18.7. The van der Waals surface area contributed by atoms with Crippen molar-refractivity contribution in [2.75, 3.05) is 13.6 Å². The second kappa shape index (κ2) is 7.61. The number of amides is 2. The van der Waals surface area contributed by atoms with Gasteiger partial charge in [-0.3, -0.25) is 9.59 Å². The third-order valence-electron chi connectivity index (χ3n) is 8.26. The van der Waals surface area contributed by atoms with Gasteiger partial charge in [-0.1, -0.05) is 55.0 Å². The number of hydrogen-bond acceptors (Lipinski definition) is 2. The van der Waals surface area contributed by atoms with E-state index in [1.807, 2.05) is 11.9 Å². The Morgan fingerprint density at radius 3 is 2.31 bits per heavy atom. The van der Waals surface area contributed by atoms with Gasteiger partial charge in [-0.15, -0.1) is 0 Å². The largest absolute Gasteiger partial charge is 0.341 e. The van der Waals surface area contributed by atoms with Gasteiger partial charge in [0.25, 0.3) is 0 Å². The zero-order valence-electron chi connectivity index (χ0n) is 18.7. The van der Waals surface area contributed by atoms with Crippen molar-refractivity contribution in [1.29, 1.82) is 0 Å². The summed E-state index contributed by atoms with van der Waals surface area (Å²) in [6, 6.07) is 19.4.